The maximum atomic E-state index is 13.9. The third-order valence-corrected chi connectivity index (χ3v) is 8.02. The summed E-state index contributed by atoms with van der Waals surface area (Å²) in [5.74, 6) is -0.765. The predicted molar refractivity (Wildman–Crippen MR) is 147 cm³/mol. The lowest BCUT2D eigenvalue weighted by Crippen LogP contribution is -2.51. The number of anilines is 1. The van der Waals surface area contributed by atoms with Gasteiger partial charge in [-0.1, -0.05) is 73.2 Å². The van der Waals surface area contributed by atoms with Crippen molar-refractivity contribution in [3.05, 3.63) is 95.6 Å². The van der Waals surface area contributed by atoms with Gasteiger partial charge in [0.1, 0.15) is 12.6 Å². The highest BCUT2D eigenvalue weighted by molar-refractivity contribution is 7.92. The van der Waals surface area contributed by atoms with Crippen molar-refractivity contribution in [2.24, 2.45) is 0 Å². The Morgan fingerprint density at radius 3 is 2.14 bits per heavy atom. The topological polar surface area (TPSA) is 86.8 Å². The van der Waals surface area contributed by atoms with Gasteiger partial charge >= 0.3 is 0 Å². The van der Waals surface area contributed by atoms with Crippen LogP contribution in [0.4, 0.5) is 5.69 Å². The summed E-state index contributed by atoms with van der Waals surface area (Å²) in [6.07, 6.45) is 0.591. The molecule has 37 heavy (non-hydrogen) atoms. The first-order chi connectivity index (χ1) is 17.7. The fraction of sp³-hybridized carbons (Fsp3) is 0.310. The predicted octanol–water partition coefficient (Wildman–Crippen LogP) is 4.31. The number of rotatable bonds is 11. The van der Waals surface area contributed by atoms with Crippen molar-refractivity contribution < 1.29 is 18.0 Å². The number of likely N-dealkylation sites (N-methyl/N-ethyl adjacent to an activating group) is 1. The first-order valence-electron chi connectivity index (χ1n) is 12.5. The zero-order chi connectivity index (χ0) is 27.0. The second-order valence-corrected chi connectivity index (χ2v) is 10.7. The molecule has 196 valence electrons. The Bertz CT molecular complexity index is 1310. The van der Waals surface area contributed by atoms with Crippen LogP contribution in [-0.4, -0.2) is 44.3 Å². The SMILES string of the molecule is CCNC(=O)C(C)N(Cc1ccc(C)cc1)C(=O)CN(c1ccccc1CC)S(=O)(=O)c1ccccc1. The van der Waals surface area contributed by atoms with Crippen LogP contribution >= 0.6 is 0 Å². The molecule has 0 aliphatic rings. The molecule has 1 N–H and O–H groups in total. The standard InChI is InChI=1S/C29H35N3O4S/c1-5-25-12-10-11-15-27(25)32(37(35,36)26-13-8-7-9-14-26)21-28(33)31(23(4)29(34)30-6-2)20-24-18-16-22(3)17-19-24/h7-19,23H,5-6,20-21H2,1-4H3,(H,30,34). The Morgan fingerprint density at radius 1 is 0.892 bits per heavy atom. The number of aryl methyl sites for hydroxylation is 2. The molecule has 3 aromatic carbocycles. The van der Waals surface area contributed by atoms with Gasteiger partial charge in [0.05, 0.1) is 10.6 Å². The van der Waals surface area contributed by atoms with Gasteiger partial charge < -0.3 is 10.2 Å². The van der Waals surface area contributed by atoms with E-state index in [9.17, 15) is 18.0 Å². The number of para-hydroxylation sites is 1. The first kappa shape index (κ1) is 27.9. The van der Waals surface area contributed by atoms with E-state index in [2.05, 4.69) is 5.32 Å². The van der Waals surface area contributed by atoms with Crippen LogP contribution in [0.3, 0.4) is 0 Å². The number of nitrogens with zero attached hydrogens (tertiary/aromatic N) is 2. The van der Waals surface area contributed by atoms with Crippen LogP contribution in [0.25, 0.3) is 0 Å². The second-order valence-electron chi connectivity index (χ2n) is 8.88. The highest BCUT2D eigenvalue weighted by atomic mass is 32.2. The van der Waals surface area contributed by atoms with E-state index in [1.54, 1.807) is 37.3 Å². The van der Waals surface area contributed by atoms with E-state index in [-0.39, 0.29) is 17.3 Å². The molecule has 0 saturated carbocycles. The number of carbonyl (C=O) groups excluding carboxylic acids is 2. The average Bonchev–Trinajstić information content (AvgIpc) is 2.91. The van der Waals surface area contributed by atoms with E-state index >= 15 is 0 Å². The van der Waals surface area contributed by atoms with Crippen LogP contribution in [0.1, 0.15) is 37.5 Å². The number of hydrogen-bond acceptors (Lipinski definition) is 4. The average molecular weight is 522 g/mol. The number of nitrogens with one attached hydrogen (secondary N) is 1. The Balaban J connectivity index is 2.05. The second kappa shape index (κ2) is 12.5. The van der Waals surface area contributed by atoms with Crippen molar-refractivity contribution in [1.82, 2.24) is 10.2 Å². The monoisotopic (exact) mass is 521 g/mol. The maximum absolute atomic E-state index is 13.9. The van der Waals surface area contributed by atoms with Gasteiger partial charge in [-0.15, -0.1) is 0 Å². The normalized spacial score (nSPS) is 12.0. The molecule has 0 radical (unpaired) electrons. The van der Waals surface area contributed by atoms with E-state index in [1.807, 2.05) is 57.2 Å². The quantitative estimate of drug-likeness (QED) is 0.408. The van der Waals surface area contributed by atoms with Crippen molar-refractivity contribution in [1.29, 1.82) is 0 Å². The Labute approximate surface area is 220 Å². The van der Waals surface area contributed by atoms with E-state index in [0.29, 0.717) is 18.7 Å². The number of sulfonamides is 1. The van der Waals surface area contributed by atoms with E-state index in [1.165, 1.54) is 17.0 Å². The molecule has 3 rings (SSSR count). The molecular weight excluding hydrogens is 486 g/mol. The Morgan fingerprint density at radius 2 is 1.51 bits per heavy atom. The lowest BCUT2D eigenvalue weighted by atomic mass is 10.1. The highest BCUT2D eigenvalue weighted by Gasteiger charge is 2.33. The van der Waals surface area contributed by atoms with Gasteiger partial charge in [-0.25, -0.2) is 8.42 Å². The van der Waals surface area contributed by atoms with Crippen LogP contribution < -0.4 is 9.62 Å². The zero-order valence-corrected chi connectivity index (χ0v) is 22.7. The van der Waals surface area contributed by atoms with Gasteiger partial charge in [-0.05, 0) is 56.5 Å². The number of hydrogen-bond donors (Lipinski definition) is 1. The zero-order valence-electron chi connectivity index (χ0n) is 21.8. The molecule has 7 nitrogen and oxygen atoms in total. The van der Waals surface area contributed by atoms with Crippen molar-refractivity contribution in [2.45, 2.75) is 51.6 Å². The van der Waals surface area contributed by atoms with Crippen LogP contribution in [0.2, 0.25) is 0 Å². The number of benzene rings is 3. The van der Waals surface area contributed by atoms with Crippen LogP contribution in [0, 0.1) is 6.92 Å². The van der Waals surface area contributed by atoms with Gasteiger partial charge in [0.15, 0.2) is 0 Å². The molecule has 0 heterocycles. The van der Waals surface area contributed by atoms with Gasteiger partial charge in [0.2, 0.25) is 11.8 Å². The number of amides is 2. The molecule has 0 aliphatic carbocycles. The fourth-order valence-corrected chi connectivity index (χ4v) is 5.55. The fourth-order valence-electron chi connectivity index (χ4n) is 4.08. The van der Waals surface area contributed by atoms with E-state index < -0.39 is 28.5 Å². The molecule has 0 fully saturated rings. The molecule has 0 aromatic heterocycles. The summed E-state index contributed by atoms with van der Waals surface area (Å²) in [4.78, 5) is 28.2. The summed E-state index contributed by atoms with van der Waals surface area (Å²) in [5, 5.41) is 2.77. The van der Waals surface area contributed by atoms with Crippen LogP contribution in [0.5, 0.6) is 0 Å². The molecule has 0 bridgehead atoms. The molecule has 0 saturated heterocycles. The van der Waals surface area contributed by atoms with Gasteiger partial charge in [-0.2, -0.15) is 0 Å². The van der Waals surface area contributed by atoms with Crippen molar-refractivity contribution in [3.8, 4) is 0 Å². The maximum Gasteiger partial charge on any atom is 0.264 e. The molecule has 0 aliphatic heterocycles. The van der Waals surface area contributed by atoms with Crippen LogP contribution in [-0.2, 0) is 32.6 Å². The Kier molecular flexibility index (Phi) is 9.47. The molecule has 1 unspecified atom stereocenters. The summed E-state index contributed by atoms with van der Waals surface area (Å²) in [6.45, 7) is 7.54. The van der Waals surface area contributed by atoms with Crippen molar-refractivity contribution in [3.63, 3.8) is 0 Å². The van der Waals surface area contributed by atoms with Gasteiger partial charge in [0.25, 0.3) is 10.0 Å². The molecule has 2 amide bonds. The largest absolute Gasteiger partial charge is 0.355 e. The molecule has 1 atom stereocenters. The smallest absolute Gasteiger partial charge is 0.264 e. The summed E-state index contributed by atoms with van der Waals surface area (Å²) in [5.41, 5.74) is 3.18. The lowest BCUT2D eigenvalue weighted by Gasteiger charge is -2.32. The minimum Gasteiger partial charge on any atom is -0.355 e. The summed E-state index contributed by atoms with van der Waals surface area (Å²) in [6, 6.07) is 22.2. The van der Waals surface area contributed by atoms with Crippen LogP contribution in [0.15, 0.2) is 83.8 Å². The van der Waals surface area contributed by atoms with E-state index in [0.717, 1.165) is 21.0 Å². The molecular formula is C29H35N3O4S. The van der Waals surface area contributed by atoms with Gasteiger partial charge in [0, 0.05) is 13.1 Å². The molecule has 0 spiro atoms. The molecule has 3 aromatic rings. The summed E-state index contributed by atoms with van der Waals surface area (Å²) < 4.78 is 28.8. The third kappa shape index (κ3) is 6.77. The summed E-state index contributed by atoms with van der Waals surface area (Å²) >= 11 is 0. The lowest BCUT2D eigenvalue weighted by molar-refractivity contribution is -0.139. The minimum atomic E-state index is -4.06. The van der Waals surface area contributed by atoms with E-state index in [4.69, 9.17) is 0 Å². The first-order valence-corrected chi connectivity index (χ1v) is 13.9. The highest BCUT2D eigenvalue weighted by Crippen LogP contribution is 2.28. The molecule has 8 heteroatoms. The Hall–Kier alpha value is -3.65. The summed E-state index contributed by atoms with van der Waals surface area (Å²) in [7, 11) is -4.06. The third-order valence-electron chi connectivity index (χ3n) is 6.24. The van der Waals surface area contributed by atoms with Crippen molar-refractivity contribution >= 4 is 27.5 Å². The number of carbonyl (C=O) groups is 2. The van der Waals surface area contributed by atoms with Gasteiger partial charge in [-0.3, -0.25) is 13.9 Å². The minimum absolute atomic E-state index is 0.0931. The van der Waals surface area contributed by atoms with Crippen molar-refractivity contribution in [2.75, 3.05) is 17.4 Å².